The van der Waals surface area contributed by atoms with Crippen LogP contribution in [-0.2, 0) is 13.8 Å². The van der Waals surface area contributed by atoms with Crippen molar-refractivity contribution in [2.75, 3.05) is 13.2 Å². The van der Waals surface area contributed by atoms with Crippen LogP contribution in [0.25, 0.3) is 0 Å². The van der Waals surface area contributed by atoms with Crippen LogP contribution in [-0.4, -0.2) is 33.6 Å². The van der Waals surface area contributed by atoms with Crippen LogP contribution in [0.3, 0.4) is 0 Å². The maximum atomic E-state index is 12.1. The van der Waals surface area contributed by atoms with E-state index in [0.29, 0.717) is 13.2 Å². The minimum atomic E-state index is -3.98. The molecule has 0 aliphatic rings. The number of hydrogen-bond acceptors (Lipinski definition) is 5. The number of halogens is 2. The van der Waals surface area contributed by atoms with E-state index in [9.17, 15) is 13.2 Å². The fourth-order valence-corrected chi connectivity index (χ4v) is 3.55. The van der Waals surface area contributed by atoms with E-state index < -0.39 is 15.0 Å². The Labute approximate surface area is 136 Å². The normalized spacial score (nSPS) is 13.4. The molecular formula is C12H17BrClNO5S. The number of nitrogens with one attached hydrogen (secondary N) is 1. The molecule has 0 radical (unpaired) electrons. The minimum absolute atomic E-state index is 0.103. The van der Waals surface area contributed by atoms with E-state index in [-0.39, 0.29) is 27.3 Å². The van der Waals surface area contributed by atoms with Crippen molar-refractivity contribution >= 4 is 41.6 Å². The van der Waals surface area contributed by atoms with Crippen molar-refractivity contribution in [2.45, 2.75) is 31.7 Å². The number of ether oxygens (including phenoxy) is 1. The molecule has 0 saturated heterocycles. The first-order valence-corrected chi connectivity index (χ1v) is 9.39. The Hall–Kier alpha value is -0.570. The molecule has 120 valence electrons. The fourth-order valence-electron chi connectivity index (χ4n) is 1.52. The average molecular weight is 403 g/mol. The van der Waals surface area contributed by atoms with Gasteiger partial charge in [-0.2, -0.15) is 0 Å². The minimum Gasteiger partial charge on any atom is -0.443 e. The maximum absolute atomic E-state index is 12.1. The topological polar surface area (TPSA) is 85.6 Å². The highest BCUT2D eigenvalue weighted by atomic mass is 79.9. The molecule has 1 rings (SSSR count). The number of amides is 1. The highest BCUT2D eigenvalue weighted by Crippen LogP contribution is 2.28. The first-order valence-electron chi connectivity index (χ1n) is 6.29. The monoisotopic (exact) mass is 401 g/mol. The third-order valence-electron chi connectivity index (χ3n) is 2.76. The number of carbonyl (C=O) groups is 1. The summed E-state index contributed by atoms with van der Waals surface area (Å²) in [6.45, 7) is 6.65. The molecule has 1 atom stereocenters. The van der Waals surface area contributed by atoms with Crippen molar-refractivity contribution in [3.8, 4) is 0 Å². The van der Waals surface area contributed by atoms with Gasteiger partial charge in [-0.15, -0.1) is 0 Å². The molecule has 1 N–H and O–H groups in total. The molecule has 1 unspecified atom stereocenters. The highest BCUT2D eigenvalue weighted by molar-refractivity contribution is 9.10. The molecule has 1 heterocycles. The van der Waals surface area contributed by atoms with Crippen LogP contribution in [0.2, 0.25) is 0 Å². The van der Waals surface area contributed by atoms with Crippen LogP contribution < -0.4 is 5.32 Å². The van der Waals surface area contributed by atoms with Crippen LogP contribution in [0.4, 0.5) is 0 Å². The third kappa shape index (κ3) is 5.28. The predicted octanol–water partition coefficient (Wildman–Crippen LogP) is 2.76. The molecule has 0 bridgehead atoms. The smallest absolute Gasteiger partial charge is 0.287 e. The van der Waals surface area contributed by atoms with Crippen molar-refractivity contribution in [3.05, 3.63) is 16.5 Å². The summed E-state index contributed by atoms with van der Waals surface area (Å²) in [5.41, 5.74) is 0. The van der Waals surface area contributed by atoms with Gasteiger partial charge in [0.15, 0.2) is 10.4 Å². The van der Waals surface area contributed by atoms with Crippen LogP contribution in [0, 0.1) is 5.92 Å². The van der Waals surface area contributed by atoms with Crippen molar-refractivity contribution in [2.24, 2.45) is 5.92 Å². The molecule has 0 aromatic carbocycles. The van der Waals surface area contributed by atoms with Gasteiger partial charge in [-0.3, -0.25) is 4.79 Å². The van der Waals surface area contributed by atoms with E-state index in [1.54, 1.807) is 0 Å². The Morgan fingerprint density at radius 1 is 1.52 bits per heavy atom. The summed E-state index contributed by atoms with van der Waals surface area (Å²) in [7, 11) is 1.26. The second-order valence-electron chi connectivity index (χ2n) is 4.67. The zero-order valence-electron chi connectivity index (χ0n) is 11.9. The summed E-state index contributed by atoms with van der Waals surface area (Å²) in [6, 6.07) is 0.872. The zero-order valence-corrected chi connectivity index (χ0v) is 15.0. The van der Waals surface area contributed by atoms with Crippen LogP contribution in [0.15, 0.2) is 20.0 Å². The van der Waals surface area contributed by atoms with Gasteiger partial charge >= 0.3 is 0 Å². The summed E-state index contributed by atoms with van der Waals surface area (Å²) >= 11 is 2.92. The van der Waals surface area contributed by atoms with Gasteiger partial charge in [-0.05, 0) is 28.8 Å². The Kier molecular flexibility index (Phi) is 6.71. The summed E-state index contributed by atoms with van der Waals surface area (Å²) < 4.78 is 32.9. The molecule has 1 aromatic rings. The third-order valence-corrected chi connectivity index (χ3v) is 4.94. The van der Waals surface area contributed by atoms with Crippen molar-refractivity contribution in [3.63, 3.8) is 0 Å². The number of carbonyl (C=O) groups excluding carboxylic acids is 1. The van der Waals surface area contributed by atoms with Gasteiger partial charge in [0.1, 0.15) is 4.90 Å². The maximum Gasteiger partial charge on any atom is 0.287 e. The first-order chi connectivity index (χ1) is 9.66. The number of furan rings is 1. The van der Waals surface area contributed by atoms with Gasteiger partial charge in [-0.1, -0.05) is 13.8 Å². The first kappa shape index (κ1) is 18.5. The van der Waals surface area contributed by atoms with Crippen LogP contribution in [0.1, 0.15) is 31.3 Å². The summed E-state index contributed by atoms with van der Waals surface area (Å²) in [5, 5.41) is 2.74. The van der Waals surface area contributed by atoms with Crippen LogP contribution in [0.5, 0.6) is 0 Å². The van der Waals surface area contributed by atoms with Gasteiger partial charge in [0, 0.05) is 23.4 Å². The van der Waals surface area contributed by atoms with E-state index in [2.05, 4.69) is 21.2 Å². The predicted molar refractivity (Wildman–Crippen MR) is 82.0 cm³/mol. The van der Waals surface area contributed by atoms with E-state index >= 15 is 0 Å². The lowest BCUT2D eigenvalue weighted by molar-refractivity contribution is 0.0782. The summed E-state index contributed by atoms with van der Waals surface area (Å²) in [4.78, 5) is 11.8. The molecule has 0 spiro atoms. The molecule has 1 amide bonds. The Morgan fingerprint density at radius 2 is 2.14 bits per heavy atom. The summed E-state index contributed by atoms with van der Waals surface area (Å²) in [6.07, 6.45) is 0. The molecule has 0 aliphatic carbocycles. The second kappa shape index (κ2) is 7.62. The van der Waals surface area contributed by atoms with Crippen LogP contribution >= 0.6 is 26.6 Å². The van der Waals surface area contributed by atoms with E-state index in [1.165, 1.54) is 0 Å². The summed E-state index contributed by atoms with van der Waals surface area (Å²) in [5.74, 6) is -0.515. The molecular weight excluding hydrogens is 386 g/mol. The van der Waals surface area contributed by atoms with E-state index in [0.717, 1.165) is 6.07 Å². The largest absolute Gasteiger partial charge is 0.443 e. The zero-order chi connectivity index (χ0) is 16.2. The second-order valence-corrected chi connectivity index (χ2v) is 7.92. The number of rotatable bonds is 7. The molecule has 21 heavy (non-hydrogen) atoms. The number of hydrogen-bond donors (Lipinski definition) is 1. The van der Waals surface area contributed by atoms with Crippen molar-refractivity contribution in [1.82, 2.24) is 5.32 Å². The van der Waals surface area contributed by atoms with Gasteiger partial charge in [0.2, 0.25) is 0 Å². The Bertz CT molecular complexity index is 599. The molecule has 1 aromatic heterocycles. The van der Waals surface area contributed by atoms with E-state index in [4.69, 9.17) is 19.8 Å². The van der Waals surface area contributed by atoms with E-state index in [1.807, 2.05) is 20.8 Å². The molecule has 6 nitrogen and oxygen atoms in total. The molecule has 9 heteroatoms. The SMILES string of the molecule is CCOCC(NC(=O)c1cc(S(=O)(=O)Cl)c(Br)o1)C(C)C. The average Bonchev–Trinajstić information content (AvgIpc) is 2.76. The molecule has 0 fully saturated rings. The fraction of sp³-hybridized carbons (Fsp3) is 0.583. The Morgan fingerprint density at radius 3 is 2.57 bits per heavy atom. The molecule has 0 saturated carbocycles. The quantitative estimate of drug-likeness (QED) is 0.709. The highest BCUT2D eigenvalue weighted by Gasteiger charge is 2.25. The lowest BCUT2D eigenvalue weighted by Gasteiger charge is -2.21. The lowest BCUT2D eigenvalue weighted by atomic mass is 10.1. The van der Waals surface area contributed by atoms with Gasteiger partial charge in [0.25, 0.3) is 15.0 Å². The Balaban J connectivity index is 2.88. The van der Waals surface area contributed by atoms with Gasteiger partial charge < -0.3 is 14.5 Å². The van der Waals surface area contributed by atoms with Crippen molar-refractivity contribution < 1.29 is 22.4 Å². The van der Waals surface area contributed by atoms with Gasteiger partial charge in [-0.25, -0.2) is 8.42 Å². The van der Waals surface area contributed by atoms with Crippen molar-refractivity contribution in [1.29, 1.82) is 0 Å². The van der Waals surface area contributed by atoms with Gasteiger partial charge in [0.05, 0.1) is 12.6 Å². The lowest BCUT2D eigenvalue weighted by Crippen LogP contribution is -2.41. The standard InChI is InChI=1S/C12H17BrClNO5S/c1-4-19-6-8(7(2)3)15-12(16)9-5-10(11(13)20-9)21(14,17)18/h5,7-8H,4,6H2,1-3H3,(H,15,16). The molecule has 0 aliphatic heterocycles.